The summed E-state index contributed by atoms with van der Waals surface area (Å²) in [4.78, 5) is 0. The third kappa shape index (κ3) is 4.12. The van der Waals surface area contributed by atoms with Gasteiger partial charge in [0.25, 0.3) is 0 Å². The minimum atomic E-state index is -0.499. The van der Waals surface area contributed by atoms with Crippen LogP contribution in [0.1, 0.15) is 38.3 Å². The van der Waals surface area contributed by atoms with Gasteiger partial charge >= 0.3 is 0 Å². The maximum Gasteiger partial charge on any atom is 0.0732 e. The highest BCUT2D eigenvalue weighted by Crippen LogP contribution is 2.21. The topological polar surface area (TPSA) is 46.2 Å². The van der Waals surface area contributed by atoms with Gasteiger partial charge in [-0.25, -0.2) is 0 Å². The highest BCUT2D eigenvalue weighted by molar-refractivity contribution is 6.30. The van der Waals surface area contributed by atoms with E-state index in [0.29, 0.717) is 10.9 Å². The van der Waals surface area contributed by atoms with Gasteiger partial charge in [0.2, 0.25) is 0 Å². The Morgan fingerprint density at radius 2 is 2.00 bits per heavy atom. The van der Waals surface area contributed by atoms with Gasteiger partial charge in [0.1, 0.15) is 0 Å². The molecule has 0 aliphatic rings. The lowest BCUT2D eigenvalue weighted by Gasteiger charge is -2.20. The number of aliphatic hydroxyl groups excluding tert-OH is 1. The predicted octanol–water partition coefficient (Wildman–Crippen LogP) is 3.14. The lowest BCUT2D eigenvalue weighted by molar-refractivity contribution is 0.128. The summed E-state index contributed by atoms with van der Waals surface area (Å²) in [6.45, 7) is 4.27. The zero-order valence-corrected chi connectivity index (χ0v) is 10.6. The van der Waals surface area contributed by atoms with E-state index in [2.05, 4.69) is 13.8 Å². The molecular formula is C13H20ClNO. The fourth-order valence-electron chi connectivity index (χ4n) is 1.62. The molecule has 0 unspecified atom stereocenters. The van der Waals surface area contributed by atoms with Crippen molar-refractivity contribution in [3.63, 3.8) is 0 Å². The fraction of sp³-hybridized carbons (Fsp3) is 0.538. The van der Waals surface area contributed by atoms with Crippen LogP contribution in [0.15, 0.2) is 24.3 Å². The molecule has 16 heavy (non-hydrogen) atoms. The summed E-state index contributed by atoms with van der Waals surface area (Å²) in [5, 5.41) is 10.6. The Morgan fingerprint density at radius 3 is 2.56 bits per heavy atom. The van der Waals surface area contributed by atoms with Gasteiger partial charge in [-0.15, -0.1) is 0 Å². The van der Waals surface area contributed by atoms with Gasteiger partial charge in [-0.1, -0.05) is 37.6 Å². The number of hydrogen-bond acceptors (Lipinski definition) is 2. The summed E-state index contributed by atoms with van der Waals surface area (Å²) in [6, 6.07) is 7.02. The number of rotatable bonds is 5. The Hall–Kier alpha value is -0.570. The van der Waals surface area contributed by atoms with Gasteiger partial charge in [-0.3, -0.25) is 0 Å². The van der Waals surface area contributed by atoms with Crippen LogP contribution >= 0.6 is 11.6 Å². The number of aliphatic hydroxyl groups is 1. The first kappa shape index (κ1) is 13.5. The van der Waals surface area contributed by atoms with Gasteiger partial charge in [-0.05, 0) is 36.5 Å². The lowest BCUT2D eigenvalue weighted by Crippen LogP contribution is -2.26. The monoisotopic (exact) mass is 241 g/mol. The molecule has 0 saturated carbocycles. The highest BCUT2D eigenvalue weighted by atomic mass is 35.5. The second-order valence-corrected chi connectivity index (χ2v) is 5.06. The number of nitrogens with two attached hydrogens (primary N) is 1. The second kappa shape index (κ2) is 6.24. The van der Waals surface area contributed by atoms with Crippen LogP contribution in [0, 0.1) is 5.92 Å². The van der Waals surface area contributed by atoms with E-state index in [9.17, 15) is 5.11 Å². The normalized spacial score (nSPS) is 15.1. The number of benzene rings is 1. The number of halogens is 1. The van der Waals surface area contributed by atoms with E-state index < -0.39 is 6.10 Å². The van der Waals surface area contributed by atoms with Crippen LogP contribution in [-0.2, 0) is 0 Å². The van der Waals surface area contributed by atoms with Crippen LogP contribution < -0.4 is 5.73 Å². The Morgan fingerprint density at radius 1 is 1.31 bits per heavy atom. The summed E-state index contributed by atoms with van der Waals surface area (Å²) in [6.07, 6.45) is 1.21. The van der Waals surface area contributed by atoms with Crippen molar-refractivity contribution < 1.29 is 5.11 Å². The Balaban J connectivity index is 2.59. The van der Waals surface area contributed by atoms with Gasteiger partial charge < -0.3 is 10.8 Å². The average molecular weight is 242 g/mol. The number of hydrogen-bond donors (Lipinski definition) is 2. The van der Waals surface area contributed by atoms with Crippen LogP contribution in [0.2, 0.25) is 5.02 Å². The van der Waals surface area contributed by atoms with Crippen LogP contribution in [0.3, 0.4) is 0 Å². The molecule has 0 heterocycles. The van der Waals surface area contributed by atoms with Crippen molar-refractivity contribution in [2.75, 3.05) is 0 Å². The van der Waals surface area contributed by atoms with Crippen molar-refractivity contribution in [1.82, 2.24) is 0 Å². The SMILES string of the molecule is CC(C)CC[C@H](O)[C@H](N)c1cccc(Cl)c1. The zero-order valence-electron chi connectivity index (χ0n) is 9.86. The molecule has 0 aromatic heterocycles. The molecule has 3 heteroatoms. The quantitative estimate of drug-likeness (QED) is 0.832. The summed E-state index contributed by atoms with van der Waals surface area (Å²) in [5.41, 5.74) is 6.88. The summed E-state index contributed by atoms with van der Waals surface area (Å²) >= 11 is 5.88. The fourth-order valence-corrected chi connectivity index (χ4v) is 1.82. The first-order chi connectivity index (χ1) is 7.50. The molecule has 1 aromatic carbocycles. The van der Waals surface area contributed by atoms with Crippen molar-refractivity contribution in [3.8, 4) is 0 Å². The Kier molecular flexibility index (Phi) is 5.26. The zero-order chi connectivity index (χ0) is 12.1. The molecular weight excluding hydrogens is 222 g/mol. The molecule has 0 spiro atoms. The van der Waals surface area contributed by atoms with Gasteiger partial charge in [0.15, 0.2) is 0 Å². The summed E-state index contributed by atoms with van der Waals surface area (Å²) in [5.74, 6) is 0.584. The first-order valence-electron chi connectivity index (χ1n) is 5.70. The van der Waals surface area contributed by atoms with Crippen LogP contribution in [0.25, 0.3) is 0 Å². The Bertz CT molecular complexity index is 327. The average Bonchev–Trinajstić information content (AvgIpc) is 2.24. The first-order valence-corrected chi connectivity index (χ1v) is 6.07. The van der Waals surface area contributed by atoms with Gasteiger partial charge in [0, 0.05) is 5.02 Å². The maximum absolute atomic E-state index is 9.94. The molecule has 0 saturated heterocycles. The molecule has 1 aromatic rings. The minimum absolute atomic E-state index is 0.350. The van der Waals surface area contributed by atoms with E-state index in [0.717, 1.165) is 18.4 Å². The van der Waals surface area contributed by atoms with E-state index in [1.54, 1.807) is 6.07 Å². The lowest BCUT2D eigenvalue weighted by atomic mass is 9.96. The van der Waals surface area contributed by atoms with E-state index in [-0.39, 0.29) is 6.04 Å². The Labute approximate surface area is 102 Å². The van der Waals surface area contributed by atoms with Crippen molar-refractivity contribution in [3.05, 3.63) is 34.9 Å². The van der Waals surface area contributed by atoms with Crippen molar-refractivity contribution >= 4 is 11.6 Å². The molecule has 0 fully saturated rings. The maximum atomic E-state index is 9.94. The molecule has 0 aliphatic carbocycles. The van der Waals surface area contributed by atoms with Crippen molar-refractivity contribution in [2.45, 2.75) is 38.8 Å². The standard InChI is InChI=1S/C13H20ClNO/c1-9(2)6-7-12(16)13(15)10-4-3-5-11(14)8-10/h3-5,8-9,12-13,16H,6-7,15H2,1-2H3/t12-,13+/m0/s1. The van der Waals surface area contributed by atoms with E-state index in [4.69, 9.17) is 17.3 Å². The third-order valence-electron chi connectivity index (χ3n) is 2.69. The molecule has 1 rings (SSSR count). The van der Waals surface area contributed by atoms with Crippen molar-refractivity contribution in [2.24, 2.45) is 11.7 Å². The van der Waals surface area contributed by atoms with E-state index >= 15 is 0 Å². The molecule has 0 amide bonds. The third-order valence-corrected chi connectivity index (χ3v) is 2.92. The van der Waals surface area contributed by atoms with Crippen LogP contribution in [-0.4, -0.2) is 11.2 Å². The van der Waals surface area contributed by atoms with E-state index in [1.165, 1.54) is 0 Å². The summed E-state index contributed by atoms with van der Waals surface area (Å²) in [7, 11) is 0. The van der Waals surface area contributed by atoms with Crippen molar-refractivity contribution in [1.29, 1.82) is 0 Å². The molecule has 0 bridgehead atoms. The largest absolute Gasteiger partial charge is 0.391 e. The highest BCUT2D eigenvalue weighted by Gasteiger charge is 2.17. The molecule has 3 N–H and O–H groups in total. The van der Waals surface area contributed by atoms with E-state index in [1.807, 2.05) is 18.2 Å². The molecule has 2 atom stereocenters. The molecule has 90 valence electrons. The van der Waals surface area contributed by atoms with Crippen LogP contribution in [0.4, 0.5) is 0 Å². The molecule has 2 nitrogen and oxygen atoms in total. The summed E-state index contributed by atoms with van der Waals surface area (Å²) < 4.78 is 0. The smallest absolute Gasteiger partial charge is 0.0732 e. The van der Waals surface area contributed by atoms with Gasteiger partial charge in [-0.2, -0.15) is 0 Å². The minimum Gasteiger partial charge on any atom is -0.391 e. The molecule has 0 aliphatic heterocycles. The van der Waals surface area contributed by atoms with Gasteiger partial charge in [0.05, 0.1) is 12.1 Å². The molecule has 0 radical (unpaired) electrons. The predicted molar refractivity (Wildman–Crippen MR) is 68.5 cm³/mol. The second-order valence-electron chi connectivity index (χ2n) is 4.62. The van der Waals surface area contributed by atoms with Crippen LogP contribution in [0.5, 0.6) is 0 Å².